The summed E-state index contributed by atoms with van der Waals surface area (Å²) in [6, 6.07) is 9.13. The minimum Gasteiger partial charge on any atom is -0.492 e. The molecule has 2 aromatic rings. The fourth-order valence-electron chi connectivity index (χ4n) is 1.26. The van der Waals surface area contributed by atoms with E-state index in [0.717, 1.165) is 0 Å². The van der Waals surface area contributed by atoms with Crippen molar-refractivity contribution in [3.8, 4) is 11.8 Å². The van der Waals surface area contributed by atoms with E-state index in [9.17, 15) is 0 Å². The van der Waals surface area contributed by atoms with Crippen molar-refractivity contribution in [2.24, 2.45) is 0 Å². The van der Waals surface area contributed by atoms with Crippen molar-refractivity contribution >= 4 is 0 Å². The Labute approximate surface area is 92.9 Å². The molecule has 0 bridgehead atoms. The molecule has 5 heteroatoms. The van der Waals surface area contributed by atoms with Crippen LogP contribution in [0.3, 0.4) is 0 Å². The van der Waals surface area contributed by atoms with Crippen LogP contribution in [0.2, 0.25) is 0 Å². The number of rotatable bonds is 4. The van der Waals surface area contributed by atoms with Crippen LogP contribution in [0.15, 0.2) is 36.9 Å². The predicted molar refractivity (Wildman–Crippen MR) is 56.7 cm³/mol. The van der Waals surface area contributed by atoms with Crippen LogP contribution in [0, 0.1) is 11.3 Å². The molecule has 2 rings (SSSR count). The van der Waals surface area contributed by atoms with E-state index in [-0.39, 0.29) is 0 Å². The van der Waals surface area contributed by atoms with Crippen molar-refractivity contribution < 1.29 is 4.74 Å². The molecule has 0 fully saturated rings. The fourth-order valence-corrected chi connectivity index (χ4v) is 1.26. The van der Waals surface area contributed by atoms with Gasteiger partial charge in [0.2, 0.25) is 0 Å². The number of aromatic nitrogens is 3. The van der Waals surface area contributed by atoms with E-state index in [2.05, 4.69) is 16.2 Å². The molecule has 1 heterocycles. The molecule has 1 aromatic carbocycles. The smallest absolute Gasteiger partial charge is 0.137 e. The molecule has 0 saturated heterocycles. The highest BCUT2D eigenvalue weighted by Crippen LogP contribution is 2.12. The van der Waals surface area contributed by atoms with Gasteiger partial charge in [-0.15, -0.1) is 0 Å². The highest BCUT2D eigenvalue weighted by atomic mass is 16.5. The molecule has 0 saturated carbocycles. The molecular weight excluding hydrogens is 204 g/mol. The zero-order valence-electron chi connectivity index (χ0n) is 8.58. The van der Waals surface area contributed by atoms with Gasteiger partial charge in [0.1, 0.15) is 25.0 Å². The van der Waals surface area contributed by atoms with Crippen LogP contribution in [-0.2, 0) is 6.54 Å². The van der Waals surface area contributed by atoms with Gasteiger partial charge in [0.25, 0.3) is 0 Å². The molecule has 0 unspecified atom stereocenters. The van der Waals surface area contributed by atoms with Gasteiger partial charge in [-0.3, -0.25) is 0 Å². The SMILES string of the molecule is N#Cc1cccc(OCCn2cncn2)c1. The van der Waals surface area contributed by atoms with Crippen LogP contribution < -0.4 is 4.74 Å². The lowest BCUT2D eigenvalue weighted by Crippen LogP contribution is -2.08. The van der Waals surface area contributed by atoms with Gasteiger partial charge >= 0.3 is 0 Å². The monoisotopic (exact) mass is 214 g/mol. The largest absolute Gasteiger partial charge is 0.492 e. The number of ether oxygens (including phenoxy) is 1. The first-order chi connectivity index (χ1) is 7.88. The first kappa shape index (κ1) is 10.2. The molecule has 80 valence electrons. The van der Waals surface area contributed by atoms with E-state index in [1.807, 2.05) is 6.07 Å². The summed E-state index contributed by atoms with van der Waals surface area (Å²) in [5, 5.41) is 12.7. The highest BCUT2D eigenvalue weighted by Gasteiger charge is 1.96. The molecular formula is C11H10N4O. The molecule has 16 heavy (non-hydrogen) atoms. The van der Waals surface area contributed by atoms with Crippen LogP contribution in [0.5, 0.6) is 5.75 Å². The third-order valence-corrected chi connectivity index (χ3v) is 2.02. The van der Waals surface area contributed by atoms with Crippen molar-refractivity contribution in [3.63, 3.8) is 0 Å². The lowest BCUT2D eigenvalue weighted by atomic mass is 10.2. The summed E-state index contributed by atoms with van der Waals surface area (Å²) < 4.78 is 7.17. The number of hydrogen-bond acceptors (Lipinski definition) is 4. The molecule has 0 aliphatic rings. The second-order valence-electron chi connectivity index (χ2n) is 3.15. The maximum atomic E-state index is 8.71. The fraction of sp³-hybridized carbons (Fsp3) is 0.182. The summed E-state index contributed by atoms with van der Waals surface area (Å²) in [5.41, 5.74) is 0.596. The molecule has 0 aliphatic carbocycles. The quantitative estimate of drug-likeness (QED) is 0.767. The van der Waals surface area contributed by atoms with Crippen molar-refractivity contribution in [2.75, 3.05) is 6.61 Å². The van der Waals surface area contributed by atoms with Crippen LogP contribution >= 0.6 is 0 Å². The standard InChI is InChI=1S/C11H10N4O/c12-7-10-2-1-3-11(6-10)16-5-4-15-9-13-8-14-15/h1-3,6,8-9H,4-5H2. The van der Waals surface area contributed by atoms with Crippen molar-refractivity contribution in [2.45, 2.75) is 6.54 Å². The lowest BCUT2D eigenvalue weighted by Gasteiger charge is -2.05. The van der Waals surface area contributed by atoms with Gasteiger partial charge in [0, 0.05) is 0 Å². The summed E-state index contributed by atoms with van der Waals surface area (Å²) >= 11 is 0. The molecule has 1 aromatic heterocycles. The van der Waals surface area contributed by atoms with Gasteiger partial charge in [-0.1, -0.05) is 6.07 Å². The van der Waals surface area contributed by atoms with Crippen LogP contribution in [-0.4, -0.2) is 21.4 Å². The minimum absolute atomic E-state index is 0.498. The van der Waals surface area contributed by atoms with Gasteiger partial charge in [0.15, 0.2) is 0 Å². The summed E-state index contributed by atoms with van der Waals surface area (Å²) in [5.74, 6) is 0.694. The average Bonchev–Trinajstić information content (AvgIpc) is 2.82. The normalized spacial score (nSPS) is 9.69. The molecule has 5 nitrogen and oxygen atoms in total. The van der Waals surface area contributed by atoms with E-state index in [1.54, 1.807) is 29.2 Å². The molecule has 0 atom stereocenters. The second kappa shape index (κ2) is 4.94. The number of nitriles is 1. The van der Waals surface area contributed by atoms with Gasteiger partial charge in [-0.05, 0) is 18.2 Å². The van der Waals surface area contributed by atoms with E-state index in [1.165, 1.54) is 6.33 Å². The van der Waals surface area contributed by atoms with Crippen molar-refractivity contribution in [1.29, 1.82) is 5.26 Å². The van der Waals surface area contributed by atoms with E-state index >= 15 is 0 Å². The third-order valence-electron chi connectivity index (χ3n) is 2.02. The zero-order chi connectivity index (χ0) is 11.2. The van der Waals surface area contributed by atoms with E-state index in [0.29, 0.717) is 24.5 Å². The number of benzene rings is 1. The first-order valence-electron chi connectivity index (χ1n) is 4.84. The Morgan fingerprint density at radius 2 is 2.38 bits per heavy atom. The Balaban J connectivity index is 1.88. The van der Waals surface area contributed by atoms with Gasteiger partial charge in [0.05, 0.1) is 18.2 Å². The Bertz CT molecular complexity index is 487. The Kier molecular flexibility index (Phi) is 3.14. The lowest BCUT2D eigenvalue weighted by molar-refractivity contribution is 0.291. The summed E-state index contributed by atoms with van der Waals surface area (Å²) in [6.07, 6.45) is 3.12. The Hall–Kier alpha value is -2.35. The number of nitrogens with zero attached hydrogens (tertiary/aromatic N) is 4. The highest BCUT2D eigenvalue weighted by molar-refractivity contribution is 5.36. The van der Waals surface area contributed by atoms with Crippen molar-refractivity contribution in [1.82, 2.24) is 14.8 Å². The van der Waals surface area contributed by atoms with Gasteiger partial charge in [-0.25, -0.2) is 9.67 Å². The van der Waals surface area contributed by atoms with E-state index in [4.69, 9.17) is 10.00 Å². The van der Waals surface area contributed by atoms with Crippen LogP contribution in [0.4, 0.5) is 0 Å². The first-order valence-corrected chi connectivity index (χ1v) is 4.84. The predicted octanol–water partition coefficient (Wildman–Crippen LogP) is 1.23. The zero-order valence-corrected chi connectivity index (χ0v) is 8.58. The third kappa shape index (κ3) is 2.58. The van der Waals surface area contributed by atoms with Crippen LogP contribution in [0.1, 0.15) is 5.56 Å². The summed E-state index contributed by atoms with van der Waals surface area (Å²) in [4.78, 5) is 3.83. The Morgan fingerprint density at radius 1 is 1.44 bits per heavy atom. The maximum absolute atomic E-state index is 8.71. The summed E-state index contributed by atoms with van der Waals surface area (Å²) in [6.45, 7) is 1.13. The summed E-state index contributed by atoms with van der Waals surface area (Å²) in [7, 11) is 0. The molecule has 0 amide bonds. The maximum Gasteiger partial charge on any atom is 0.137 e. The van der Waals surface area contributed by atoms with Gasteiger partial charge < -0.3 is 4.74 Å². The van der Waals surface area contributed by atoms with Crippen LogP contribution in [0.25, 0.3) is 0 Å². The van der Waals surface area contributed by atoms with Crippen molar-refractivity contribution in [3.05, 3.63) is 42.5 Å². The van der Waals surface area contributed by atoms with E-state index < -0.39 is 0 Å². The topological polar surface area (TPSA) is 63.7 Å². The minimum atomic E-state index is 0.498. The molecule has 0 N–H and O–H groups in total. The Morgan fingerprint density at radius 3 is 3.12 bits per heavy atom. The second-order valence-corrected chi connectivity index (χ2v) is 3.15. The number of hydrogen-bond donors (Lipinski definition) is 0. The van der Waals surface area contributed by atoms with Gasteiger partial charge in [-0.2, -0.15) is 10.4 Å². The molecule has 0 spiro atoms. The average molecular weight is 214 g/mol. The molecule has 0 aliphatic heterocycles. The molecule has 0 radical (unpaired) electrons.